The van der Waals surface area contributed by atoms with E-state index in [0.717, 1.165) is 18.6 Å². The Hall–Kier alpha value is -1.51. The second kappa shape index (κ2) is 4.30. The third-order valence-corrected chi connectivity index (χ3v) is 4.27. The van der Waals surface area contributed by atoms with Crippen molar-refractivity contribution in [2.45, 2.75) is 37.6 Å². The molecule has 1 heterocycles. The number of benzene rings is 1. The topological polar surface area (TPSA) is 29.5 Å². The molecule has 1 aliphatic heterocycles. The average molecular weight is 246 g/mol. The molecule has 3 unspecified atom stereocenters. The lowest BCUT2D eigenvalue weighted by molar-refractivity contribution is -0.135. The molecular formula is C15H19NO2. The maximum atomic E-state index is 11.9. The summed E-state index contributed by atoms with van der Waals surface area (Å²) in [5, 5.41) is 0. The Morgan fingerprint density at radius 1 is 1.44 bits per heavy atom. The van der Waals surface area contributed by atoms with Gasteiger partial charge in [0.2, 0.25) is 5.91 Å². The summed E-state index contributed by atoms with van der Waals surface area (Å²) in [7, 11) is 3.55. The second-order valence-corrected chi connectivity index (χ2v) is 5.14. The van der Waals surface area contributed by atoms with Crippen LogP contribution in [0.2, 0.25) is 0 Å². The predicted octanol–water partition coefficient (Wildman–Crippen LogP) is 2.35. The molecule has 1 aromatic carbocycles. The zero-order valence-electron chi connectivity index (χ0n) is 11.8. The first-order chi connectivity index (χ1) is 9.11. The van der Waals surface area contributed by atoms with Gasteiger partial charge >= 0.3 is 0 Å². The first-order valence-electron chi connectivity index (χ1n) is 7.04. The number of nitrogens with zero attached hydrogens (tertiary/aromatic N) is 1. The number of aryl methyl sites for hydroxylation is 1. The van der Waals surface area contributed by atoms with E-state index in [9.17, 15) is 4.79 Å². The van der Waals surface area contributed by atoms with Crippen LogP contribution in [0.1, 0.15) is 37.7 Å². The second-order valence-electron chi connectivity index (χ2n) is 5.14. The lowest BCUT2D eigenvalue weighted by atomic mass is 9.74. The highest BCUT2D eigenvalue weighted by Gasteiger charge is 2.37. The molecule has 1 saturated heterocycles. The summed E-state index contributed by atoms with van der Waals surface area (Å²) in [6, 6.07) is 6.31. The molecule has 0 N–H and O–H groups in total. The summed E-state index contributed by atoms with van der Waals surface area (Å²) in [6.45, 7) is 0. The molecular weight excluding hydrogens is 226 g/mol. The van der Waals surface area contributed by atoms with Crippen LogP contribution in [0.4, 0.5) is 0 Å². The van der Waals surface area contributed by atoms with Crippen molar-refractivity contribution in [2.75, 3.05) is 14.2 Å². The highest BCUT2D eigenvalue weighted by atomic mass is 16.5. The summed E-state index contributed by atoms with van der Waals surface area (Å²) < 4.78 is 13.5. The molecule has 0 spiro atoms. The highest BCUT2D eigenvalue weighted by molar-refractivity contribution is 5.77. The monoisotopic (exact) mass is 246 g/mol. The van der Waals surface area contributed by atoms with Gasteiger partial charge in [-0.3, -0.25) is 4.79 Å². The van der Waals surface area contributed by atoms with Crippen LogP contribution in [-0.2, 0) is 11.2 Å². The maximum absolute atomic E-state index is 11.9. The number of hydrogen-bond acceptors (Lipinski definition) is 2. The van der Waals surface area contributed by atoms with Crippen molar-refractivity contribution < 1.29 is 10.9 Å². The van der Waals surface area contributed by atoms with E-state index in [1.807, 2.05) is 18.0 Å². The summed E-state index contributed by atoms with van der Waals surface area (Å²) in [5.41, 5.74) is 2.51. The smallest absolute Gasteiger partial charge is 0.222 e. The fourth-order valence-corrected chi connectivity index (χ4v) is 3.22. The van der Waals surface area contributed by atoms with Crippen LogP contribution in [0.5, 0.6) is 5.75 Å². The molecule has 1 amide bonds. The number of hydrogen-bond donors (Lipinski definition) is 0. The number of ether oxygens (including phenoxy) is 1. The van der Waals surface area contributed by atoms with Gasteiger partial charge in [0.25, 0.3) is 0 Å². The van der Waals surface area contributed by atoms with Gasteiger partial charge in [0, 0.05) is 26.8 Å². The number of likely N-dealkylation sites (tertiary alicyclic amines) is 1. The Kier molecular flexibility index (Phi) is 2.49. The van der Waals surface area contributed by atoms with Gasteiger partial charge in [0.1, 0.15) is 5.75 Å². The summed E-state index contributed by atoms with van der Waals surface area (Å²) >= 11 is 0. The number of likely N-dealkylation sites (N-methyl/N-ethyl adjacent to an activating group) is 1. The van der Waals surface area contributed by atoms with Crippen molar-refractivity contribution in [3.05, 3.63) is 29.3 Å². The summed E-state index contributed by atoms with van der Waals surface area (Å²) in [5.74, 6) is 1.13. The Balaban J connectivity index is 2.01. The van der Waals surface area contributed by atoms with Gasteiger partial charge in [-0.25, -0.2) is 0 Å². The van der Waals surface area contributed by atoms with E-state index < -0.39 is 0 Å². The standard InChI is InChI=1S/C15H19NO2/c1-16-14-7-3-10-9-11(18-2)4-5-12(10)13(14)6-8-15(16)17/h4-5,9,13-14H,3,6-8H2,1-2H3/i6D. The van der Waals surface area contributed by atoms with E-state index >= 15 is 0 Å². The number of piperidine rings is 1. The lowest BCUT2D eigenvalue weighted by Gasteiger charge is -2.43. The van der Waals surface area contributed by atoms with Gasteiger partial charge in [-0.1, -0.05) is 6.07 Å². The van der Waals surface area contributed by atoms with Gasteiger partial charge < -0.3 is 9.64 Å². The number of carbonyl (C=O) groups is 1. The van der Waals surface area contributed by atoms with E-state index in [0.29, 0.717) is 6.42 Å². The van der Waals surface area contributed by atoms with E-state index in [1.165, 1.54) is 11.1 Å². The molecule has 0 radical (unpaired) electrons. The van der Waals surface area contributed by atoms with Crippen LogP contribution >= 0.6 is 0 Å². The Morgan fingerprint density at radius 2 is 2.28 bits per heavy atom. The van der Waals surface area contributed by atoms with Crippen LogP contribution in [0.3, 0.4) is 0 Å². The van der Waals surface area contributed by atoms with Crippen molar-refractivity contribution in [2.24, 2.45) is 0 Å². The van der Waals surface area contributed by atoms with Crippen molar-refractivity contribution >= 4 is 5.91 Å². The molecule has 3 heteroatoms. The minimum absolute atomic E-state index is 0.109. The number of carbonyl (C=O) groups excluding carboxylic acids is 1. The predicted molar refractivity (Wildman–Crippen MR) is 69.8 cm³/mol. The zero-order chi connectivity index (χ0) is 13.6. The van der Waals surface area contributed by atoms with Gasteiger partial charge in [0.15, 0.2) is 0 Å². The molecule has 0 aromatic heterocycles. The number of amides is 1. The molecule has 0 saturated carbocycles. The molecule has 2 aliphatic rings. The lowest BCUT2D eigenvalue weighted by Crippen LogP contribution is -2.47. The summed E-state index contributed by atoms with van der Waals surface area (Å²) in [6.07, 6.45) is 1.92. The first kappa shape index (κ1) is 10.4. The Labute approximate surface area is 109 Å². The molecule has 0 bridgehead atoms. The quantitative estimate of drug-likeness (QED) is 0.761. The van der Waals surface area contributed by atoms with Crippen LogP contribution in [0.25, 0.3) is 0 Å². The van der Waals surface area contributed by atoms with Crippen LogP contribution in [0, 0.1) is 0 Å². The largest absolute Gasteiger partial charge is 0.497 e. The average Bonchev–Trinajstić information content (AvgIpc) is 2.43. The Bertz CT molecular complexity index is 517. The third kappa shape index (κ3) is 1.69. The number of rotatable bonds is 1. The van der Waals surface area contributed by atoms with Crippen LogP contribution < -0.4 is 4.74 Å². The van der Waals surface area contributed by atoms with Gasteiger partial charge in [0.05, 0.1) is 7.11 Å². The molecule has 1 fully saturated rings. The van der Waals surface area contributed by atoms with Gasteiger partial charge in [-0.2, -0.15) is 0 Å². The minimum atomic E-state index is -0.318. The fourth-order valence-electron chi connectivity index (χ4n) is 3.22. The first-order valence-corrected chi connectivity index (χ1v) is 6.46. The number of fused-ring (bicyclic) bond motifs is 3. The van der Waals surface area contributed by atoms with E-state index in [4.69, 9.17) is 6.11 Å². The SMILES string of the molecule is [2H]C1CC(=O)N(C)C2CCc3cc(OC)ccc3C12. The molecule has 1 aliphatic carbocycles. The van der Waals surface area contributed by atoms with E-state index in [2.05, 4.69) is 12.1 Å². The van der Waals surface area contributed by atoms with Gasteiger partial charge in [-0.05, 0) is 42.5 Å². The molecule has 96 valence electrons. The minimum Gasteiger partial charge on any atom is -0.497 e. The van der Waals surface area contributed by atoms with Crippen molar-refractivity contribution in [1.29, 1.82) is 0 Å². The Morgan fingerprint density at radius 3 is 3.06 bits per heavy atom. The van der Waals surface area contributed by atoms with E-state index in [1.54, 1.807) is 7.11 Å². The van der Waals surface area contributed by atoms with Gasteiger partial charge in [-0.15, -0.1) is 0 Å². The van der Waals surface area contributed by atoms with Crippen molar-refractivity contribution in [1.82, 2.24) is 4.90 Å². The van der Waals surface area contributed by atoms with Crippen LogP contribution in [-0.4, -0.2) is 31.0 Å². The maximum Gasteiger partial charge on any atom is 0.222 e. The molecule has 3 rings (SSSR count). The normalized spacial score (nSPS) is 31.4. The third-order valence-electron chi connectivity index (χ3n) is 4.27. The molecule has 3 atom stereocenters. The fraction of sp³-hybridized carbons (Fsp3) is 0.533. The van der Waals surface area contributed by atoms with Crippen LogP contribution in [0.15, 0.2) is 18.2 Å². The highest BCUT2D eigenvalue weighted by Crippen LogP contribution is 2.41. The van der Waals surface area contributed by atoms with Crippen molar-refractivity contribution in [3.8, 4) is 5.75 Å². The van der Waals surface area contributed by atoms with E-state index in [-0.39, 0.29) is 24.3 Å². The molecule has 18 heavy (non-hydrogen) atoms. The van der Waals surface area contributed by atoms with Crippen molar-refractivity contribution in [3.63, 3.8) is 0 Å². The molecule has 3 nitrogen and oxygen atoms in total. The molecule has 1 aromatic rings. The zero-order valence-corrected chi connectivity index (χ0v) is 10.8. The summed E-state index contributed by atoms with van der Waals surface area (Å²) in [4.78, 5) is 13.7. The number of methoxy groups -OCH3 is 1.